The van der Waals surface area contributed by atoms with E-state index in [1.54, 1.807) is 60.7 Å². The number of hydrazone groups is 1. The number of nitrogens with one attached hydrogen (secondary N) is 1. The largest absolute Gasteiger partial charge is 0.507 e. The van der Waals surface area contributed by atoms with Crippen molar-refractivity contribution in [2.75, 3.05) is 6.61 Å². The van der Waals surface area contributed by atoms with Gasteiger partial charge in [0.2, 0.25) is 0 Å². The quantitative estimate of drug-likeness (QED) is 0.179. The Morgan fingerprint density at radius 2 is 1.56 bits per heavy atom. The van der Waals surface area contributed by atoms with Crippen molar-refractivity contribution < 1.29 is 24.2 Å². The highest BCUT2D eigenvalue weighted by atomic mass is 16.5. The Bertz CT molecular complexity index is 1350. The molecule has 2 N–H and O–H groups in total. The highest BCUT2D eigenvalue weighted by Gasteiger charge is 2.12. The molecule has 0 aliphatic heterocycles. The molecule has 0 unspecified atom stereocenters. The van der Waals surface area contributed by atoms with Gasteiger partial charge in [-0.2, -0.15) is 5.10 Å². The Hall–Kier alpha value is -4.65. The Balaban J connectivity index is 1.35. The maximum absolute atomic E-state index is 12.4. The predicted octanol–water partition coefficient (Wildman–Crippen LogP) is 4.93. The molecule has 0 saturated carbocycles. The van der Waals surface area contributed by atoms with Gasteiger partial charge in [0.1, 0.15) is 17.2 Å². The molecule has 34 heavy (non-hydrogen) atoms. The lowest BCUT2D eigenvalue weighted by Crippen LogP contribution is -2.17. The second-order valence-electron chi connectivity index (χ2n) is 7.33. The lowest BCUT2D eigenvalue weighted by molar-refractivity contribution is 0.0734. The van der Waals surface area contributed by atoms with Crippen molar-refractivity contribution >= 4 is 28.9 Å². The molecule has 0 spiro atoms. The van der Waals surface area contributed by atoms with Gasteiger partial charge in [0.25, 0.3) is 5.91 Å². The maximum atomic E-state index is 12.4. The number of aromatic hydroxyl groups is 1. The van der Waals surface area contributed by atoms with Crippen molar-refractivity contribution in [3.8, 4) is 17.2 Å². The van der Waals surface area contributed by atoms with Crippen LogP contribution in [0.4, 0.5) is 0 Å². The van der Waals surface area contributed by atoms with Gasteiger partial charge in [-0.05, 0) is 83.9 Å². The van der Waals surface area contributed by atoms with E-state index in [1.165, 1.54) is 6.21 Å². The smallest absolute Gasteiger partial charge is 0.343 e. The number of phenols is 1. The van der Waals surface area contributed by atoms with E-state index in [0.29, 0.717) is 29.2 Å². The fraction of sp³-hybridized carbons (Fsp3) is 0.0741. The van der Waals surface area contributed by atoms with Crippen LogP contribution < -0.4 is 14.9 Å². The van der Waals surface area contributed by atoms with E-state index < -0.39 is 11.9 Å². The Morgan fingerprint density at radius 3 is 2.24 bits per heavy atom. The molecule has 0 aliphatic carbocycles. The number of hydrogen-bond acceptors (Lipinski definition) is 6. The number of nitrogens with zero attached hydrogens (tertiary/aromatic N) is 1. The Kier molecular flexibility index (Phi) is 6.84. The summed E-state index contributed by atoms with van der Waals surface area (Å²) in [7, 11) is 0. The summed E-state index contributed by atoms with van der Waals surface area (Å²) in [5, 5.41) is 15.8. The van der Waals surface area contributed by atoms with Crippen LogP contribution in [0.2, 0.25) is 0 Å². The first-order valence-corrected chi connectivity index (χ1v) is 10.6. The minimum atomic E-state index is -0.527. The van der Waals surface area contributed by atoms with E-state index in [0.717, 1.165) is 10.8 Å². The van der Waals surface area contributed by atoms with Crippen LogP contribution in [0.5, 0.6) is 17.2 Å². The minimum Gasteiger partial charge on any atom is -0.507 e. The molecule has 0 radical (unpaired) electrons. The average Bonchev–Trinajstić information content (AvgIpc) is 2.85. The van der Waals surface area contributed by atoms with Gasteiger partial charge in [-0.3, -0.25) is 4.79 Å². The third-order valence-electron chi connectivity index (χ3n) is 4.98. The number of phenolic OH excluding ortho intramolecular Hbond substituents is 1. The summed E-state index contributed by atoms with van der Waals surface area (Å²) in [6.45, 7) is 2.44. The van der Waals surface area contributed by atoms with Crippen LogP contribution >= 0.6 is 0 Å². The van der Waals surface area contributed by atoms with Gasteiger partial charge in [-0.25, -0.2) is 10.2 Å². The molecule has 0 aromatic heterocycles. The van der Waals surface area contributed by atoms with Crippen molar-refractivity contribution in [1.29, 1.82) is 0 Å². The van der Waals surface area contributed by atoms with E-state index in [-0.39, 0.29) is 11.3 Å². The average molecular weight is 454 g/mol. The van der Waals surface area contributed by atoms with Gasteiger partial charge in [-0.15, -0.1) is 0 Å². The number of hydrogen-bond donors (Lipinski definition) is 2. The fourth-order valence-corrected chi connectivity index (χ4v) is 3.28. The summed E-state index contributed by atoms with van der Waals surface area (Å²) in [4.78, 5) is 24.7. The van der Waals surface area contributed by atoms with Crippen molar-refractivity contribution in [2.24, 2.45) is 5.10 Å². The third-order valence-corrected chi connectivity index (χ3v) is 4.98. The zero-order valence-corrected chi connectivity index (χ0v) is 18.4. The summed E-state index contributed by atoms with van der Waals surface area (Å²) >= 11 is 0. The van der Waals surface area contributed by atoms with Crippen molar-refractivity contribution in [3.63, 3.8) is 0 Å². The SMILES string of the molecule is CCOc1ccc(C(=O)Oc2ccc(/C=N/NC(=O)c3cc4ccccc4cc3O)cc2)cc1. The molecule has 0 saturated heterocycles. The van der Waals surface area contributed by atoms with Crippen LogP contribution in [0.3, 0.4) is 0 Å². The van der Waals surface area contributed by atoms with E-state index >= 15 is 0 Å². The van der Waals surface area contributed by atoms with Gasteiger partial charge in [-0.1, -0.05) is 24.3 Å². The van der Waals surface area contributed by atoms with Crippen LogP contribution in [-0.4, -0.2) is 29.8 Å². The van der Waals surface area contributed by atoms with E-state index in [9.17, 15) is 14.7 Å². The molecule has 0 heterocycles. The monoisotopic (exact) mass is 454 g/mol. The lowest BCUT2D eigenvalue weighted by atomic mass is 10.1. The molecule has 1 amide bonds. The van der Waals surface area contributed by atoms with Gasteiger partial charge in [0.05, 0.1) is 23.9 Å². The number of carbonyl (C=O) groups is 2. The second kappa shape index (κ2) is 10.3. The Morgan fingerprint density at radius 1 is 0.912 bits per heavy atom. The van der Waals surface area contributed by atoms with Gasteiger partial charge in [0, 0.05) is 0 Å². The maximum Gasteiger partial charge on any atom is 0.343 e. The zero-order chi connectivity index (χ0) is 23.9. The molecule has 0 bridgehead atoms. The highest BCUT2D eigenvalue weighted by Crippen LogP contribution is 2.25. The second-order valence-corrected chi connectivity index (χ2v) is 7.33. The van der Waals surface area contributed by atoms with Crippen LogP contribution in [0, 0.1) is 0 Å². The number of amides is 1. The minimum absolute atomic E-state index is 0.120. The van der Waals surface area contributed by atoms with Gasteiger partial charge >= 0.3 is 5.97 Å². The standard InChI is InChI=1S/C27H22N2O5/c1-2-33-22-13-9-19(10-14-22)27(32)34-23-11-7-18(8-12-23)17-28-29-26(31)24-15-20-5-3-4-6-21(20)16-25(24)30/h3-17,30H,2H2,1H3,(H,29,31)/b28-17+. The number of carbonyl (C=O) groups excluding carboxylic acids is 2. The molecule has 170 valence electrons. The number of esters is 1. The zero-order valence-electron chi connectivity index (χ0n) is 18.4. The number of rotatable bonds is 7. The topological polar surface area (TPSA) is 97.2 Å². The first kappa shape index (κ1) is 22.5. The van der Waals surface area contributed by atoms with Crippen molar-refractivity contribution in [2.45, 2.75) is 6.92 Å². The molecule has 0 fully saturated rings. The molecule has 0 aliphatic rings. The number of ether oxygens (including phenoxy) is 2. The van der Waals surface area contributed by atoms with Crippen LogP contribution in [-0.2, 0) is 0 Å². The molecule has 7 nitrogen and oxygen atoms in total. The molecule has 7 heteroatoms. The molecule has 4 aromatic carbocycles. The predicted molar refractivity (Wildman–Crippen MR) is 130 cm³/mol. The Labute approximate surface area is 196 Å². The summed E-state index contributed by atoms with van der Waals surface area (Å²) in [6.07, 6.45) is 1.45. The summed E-state index contributed by atoms with van der Waals surface area (Å²) < 4.78 is 10.7. The number of benzene rings is 4. The molecular formula is C27H22N2O5. The van der Waals surface area contributed by atoms with Crippen molar-refractivity contribution in [1.82, 2.24) is 5.43 Å². The normalized spacial score (nSPS) is 10.9. The fourth-order valence-electron chi connectivity index (χ4n) is 3.28. The van der Waals surface area contributed by atoms with E-state index in [2.05, 4.69) is 10.5 Å². The number of fused-ring (bicyclic) bond motifs is 1. The van der Waals surface area contributed by atoms with Crippen molar-refractivity contribution in [3.05, 3.63) is 102 Å². The third kappa shape index (κ3) is 5.39. The summed E-state index contributed by atoms with van der Waals surface area (Å²) in [5.41, 5.74) is 3.64. The van der Waals surface area contributed by atoms with E-state index in [1.807, 2.05) is 31.2 Å². The first-order valence-electron chi connectivity index (χ1n) is 10.6. The lowest BCUT2D eigenvalue weighted by Gasteiger charge is -2.06. The highest BCUT2D eigenvalue weighted by molar-refractivity contribution is 6.01. The molecule has 0 atom stereocenters. The van der Waals surface area contributed by atoms with Crippen LogP contribution in [0.15, 0.2) is 90.0 Å². The summed E-state index contributed by atoms with van der Waals surface area (Å²) in [5.74, 6) is -0.0656. The molecule has 4 rings (SSSR count). The first-order chi connectivity index (χ1) is 16.5. The molecular weight excluding hydrogens is 432 g/mol. The summed E-state index contributed by atoms with van der Waals surface area (Å²) in [6, 6.07) is 24.0. The van der Waals surface area contributed by atoms with E-state index in [4.69, 9.17) is 9.47 Å². The van der Waals surface area contributed by atoms with Crippen LogP contribution in [0.1, 0.15) is 33.2 Å². The van der Waals surface area contributed by atoms with Crippen LogP contribution in [0.25, 0.3) is 10.8 Å². The molecule has 4 aromatic rings. The van der Waals surface area contributed by atoms with Gasteiger partial charge < -0.3 is 14.6 Å². The van der Waals surface area contributed by atoms with Gasteiger partial charge in [0.15, 0.2) is 0 Å².